The topological polar surface area (TPSA) is 145 Å². The van der Waals surface area contributed by atoms with Crippen molar-refractivity contribution in [2.24, 2.45) is 11.8 Å². The van der Waals surface area contributed by atoms with E-state index in [1.165, 1.54) is 43.5 Å². The van der Waals surface area contributed by atoms with Gasteiger partial charge in [-0.2, -0.15) is 0 Å². The third-order valence-electron chi connectivity index (χ3n) is 7.55. The van der Waals surface area contributed by atoms with Crippen LogP contribution in [-0.4, -0.2) is 42.3 Å². The Morgan fingerprint density at radius 3 is 2.46 bits per heavy atom. The van der Waals surface area contributed by atoms with Crippen LogP contribution in [0.4, 0.5) is 17.1 Å². The molecule has 0 bridgehead atoms. The van der Waals surface area contributed by atoms with E-state index in [0.29, 0.717) is 18.6 Å². The Bertz CT molecular complexity index is 1520. The molecule has 3 amide bonds. The van der Waals surface area contributed by atoms with E-state index in [1.54, 1.807) is 6.07 Å². The number of anilines is 2. The van der Waals surface area contributed by atoms with Crippen molar-refractivity contribution in [3.05, 3.63) is 94.0 Å². The number of nitrogens with zero attached hydrogens (tertiary/aromatic N) is 2. The standard InChI is InChI=1S/C30H27N3O8/c1-40-22-11-13-26(33(38)39)25(16-22)31-27(34)17-41-30(37)20-8-5-9-21(14-20)32-28(35)23-12-10-19(15-24(23)29(32)36)18-6-3-2-4-7-18/h2-9,11,13-14,16,19,23-24H,10,12,15,17H2,1H3,(H,31,34)/t19-,23-,24-/m1/s1. The maximum Gasteiger partial charge on any atom is 0.338 e. The molecule has 1 heterocycles. The van der Waals surface area contributed by atoms with Crippen LogP contribution in [0.3, 0.4) is 0 Å². The first-order valence-corrected chi connectivity index (χ1v) is 13.1. The van der Waals surface area contributed by atoms with Crippen LogP contribution in [0, 0.1) is 22.0 Å². The molecule has 2 fully saturated rings. The summed E-state index contributed by atoms with van der Waals surface area (Å²) in [6.45, 7) is -0.718. The van der Waals surface area contributed by atoms with Crippen molar-refractivity contribution < 1.29 is 33.6 Å². The lowest BCUT2D eigenvalue weighted by Crippen LogP contribution is -2.31. The zero-order valence-corrected chi connectivity index (χ0v) is 22.1. The number of hydrogen-bond donors (Lipinski definition) is 1. The number of carbonyl (C=O) groups excluding carboxylic acids is 4. The normalized spacial score (nSPS) is 19.8. The van der Waals surface area contributed by atoms with Gasteiger partial charge in [-0.3, -0.25) is 29.4 Å². The number of imide groups is 1. The quantitative estimate of drug-likeness (QED) is 0.185. The van der Waals surface area contributed by atoms with Crippen LogP contribution >= 0.6 is 0 Å². The second-order valence-electron chi connectivity index (χ2n) is 9.96. The number of nitro benzene ring substituents is 1. The van der Waals surface area contributed by atoms with E-state index in [0.717, 1.165) is 16.9 Å². The summed E-state index contributed by atoms with van der Waals surface area (Å²) < 4.78 is 10.1. The molecule has 5 rings (SSSR count). The number of rotatable bonds is 8. The van der Waals surface area contributed by atoms with Crippen molar-refractivity contribution in [2.45, 2.75) is 25.2 Å². The van der Waals surface area contributed by atoms with E-state index < -0.39 is 35.2 Å². The number of amides is 3. The van der Waals surface area contributed by atoms with Crippen molar-refractivity contribution in [1.29, 1.82) is 0 Å². The molecule has 1 saturated heterocycles. The molecule has 0 radical (unpaired) electrons. The lowest BCUT2D eigenvalue weighted by molar-refractivity contribution is -0.383. The first-order valence-electron chi connectivity index (χ1n) is 13.1. The summed E-state index contributed by atoms with van der Waals surface area (Å²) >= 11 is 0. The van der Waals surface area contributed by atoms with E-state index in [9.17, 15) is 29.3 Å². The van der Waals surface area contributed by atoms with E-state index in [-0.39, 0.29) is 40.4 Å². The smallest absolute Gasteiger partial charge is 0.338 e. The molecule has 1 N–H and O–H groups in total. The number of fused-ring (bicyclic) bond motifs is 1. The number of nitrogens with one attached hydrogen (secondary N) is 1. The van der Waals surface area contributed by atoms with Crippen LogP contribution in [0.5, 0.6) is 5.75 Å². The Morgan fingerprint density at radius 1 is 0.976 bits per heavy atom. The summed E-state index contributed by atoms with van der Waals surface area (Å²) in [6, 6.07) is 19.7. The second kappa shape index (κ2) is 11.6. The molecule has 11 heteroatoms. The number of hydrogen-bond acceptors (Lipinski definition) is 8. The number of benzene rings is 3. The van der Waals surface area contributed by atoms with Gasteiger partial charge in [0.25, 0.3) is 11.6 Å². The number of methoxy groups -OCH3 is 1. The molecule has 1 aliphatic heterocycles. The van der Waals surface area contributed by atoms with Crippen LogP contribution in [-0.2, 0) is 19.1 Å². The Hall–Kier alpha value is -5.06. The molecule has 0 aromatic heterocycles. The molecular formula is C30H27N3O8. The van der Waals surface area contributed by atoms with Crippen molar-refractivity contribution in [3.63, 3.8) is 0 Å². The van der Waals surface area contributed by atoms with Crippen LogP contribution in [0.25, 0.3) is 0 Å². The van der Waals surface area contributed by atoms with Crippen molar-refractivity contribution in [2.75, 3.05) is 23.9 Å². The van der Waals surface area contributed by atoms with Gasteiger partial charge in [-0.25, -0.2) is 4.79 Å². The Balaban J connectivity index is 1.24. The SMILES string of the molecule is COc1ccc([N+](=O)[O-])c(NC(=O)COC(=O)c2cccc(N3C(=O)[C@@H]4CC[C@@H](c5ccccc5)C[C@H]4C3=O)c2)c1. The first kappa shape index (κ1) is 27.5. The number of carbonyl (C=O) groups is 4. The highest BCUT2D eigenvalue weighted by molar-refractivity contribution is 6.22. The van der Waals surface area contributed by atoms with E-state index in [1.807, 2.05) is 30.3 Å². The minimum Gasteiger partial charge on any atom is -0.497 e. The highest BCUT2D eigenvalue weighted by Crippen LogP contribution is 2.45. The van der Waals surface area contributed by atoms with Crippen molar-refractivity contribution in [3.8, 4) is 5.75 Å². The fourth-order valence-electron chi connectivity index (χ4n) is 5.54. The minimum absolute atomic E-state index is 0.0419. The van der Waals surface area contributed by atoms with Gasteiger partial charge in [0.1, 0.15) is 11.4 Å². The number of ether oxygens (including phenoxy) is 2. The molecule has 41 heavy (non-hydrogen) atoms. The number of nitro groups is 1. The van der Waals surface area contributed by atoms with Gasteiger partial charge in [-0.1, -0.05) is 36.4 Å². The predicted molar refractivity (Wildman–Crippen MR) is 148 cm³/mol. The molecule has 210 valence electrons. The molecule has 0 unspecified atom stereocenters. The van der Waals surface area contributed by atoms with Crippen LogP contribution < -0.4 is 15.0 Å². The summed E-state index contributed by atoms with van der Waals surface area (Å²) in [5, 5.41) is 13.6. The van der Waals surface area contributed by atoms with Gasteiger partial charge in [0, 0.05) is 12.1 Å². The van der Waals surface area contributed by atoms with Gasteiger partial charge in [-0.15, -0.1) is 0 Å². The molecule has 3 aromatic rings. The zero-order valence-electron chi connectivity index (χ0n) is 22.1. The van der Waals surface area contributed by atoms with E-state index >= 15 is 0 Å². The average Bonchev–Trinajstić information content (AvgIpc) is 3.24. The molecule has 0 spiro atoms. The largest absolute Gasteiger partial charge is 0.497 e. The zero-order chi connectivity index (χ0) is 29.1. The van der Waals surface area contributed by atoms with Gasteiger partial charge < -0.3 is 14.8 Å². The molecule has 1 saturated carbocycles. The summed E-state index contributed by atoms with van der Waals surface area (Å²) in [4.78, 5) is 63.6. The van der Waals surface area contributed by atoms with Gasteiger partial charge in [-0.05, 0) is 55.0 Å². The third-order valence-corrected chi connectivity index (χ3v) is 7.55. The predicted octanol–water partition coefficient (Wildman–Crippen LogP) is 4.47. The fourth-order valence-corrected chi connectivity index (χ4v) is 5.54. The Morgan fingerprint density at radius 2 is 1.73 bits per heavy atom. The lowest BCUT2D eigenvalue weighted by Gasteiger charge is -2.28. The van der Waals surface area contributed by atoms with E-state index in [4.69, 9.17) is 9.47 Å². The third kappa shape index (κ3) is 5.65. The van der Waals surface area contributed by atoms with Gasteiger partial charge in [0.2, 0.25) is 11.8 Å². The second-order valence-corrected chi connectivity index (χ2v) is 9.96. The molecule has 3 aromatic carbocycles. The lowest BCUT2D eigenvalue weighted by atomic mass is 9.73. The average molecular weight is 558 g/mol. The van der Waals surface area contributed by atoms with Gasteiger partial charge >= 0.3 is 5.97 Å². The molecule has 11 nitrogen and oxygen atoms in total. The van der Waals surface area contributed by atoms with Crippen LogP contribution in [0.2, 0.25) is 0 Å². The fraction of sp³-hybridized carbons (Fsp3) is 0.267. The molecule has 1 aliphatic carbocycles. The highest BCUT2D eigenvalue weighted by Gasteiger charge is 2.50. The molecular weight excluding hydrogens is 530 g/mol. The minimum atomic E-state index is -0.859. The van der Waals surface area contributed by atoms with Crippen molar-refractivity contribution in [1.82, 2.24) is 0 Å². The summed E-state index contributed by atoms with van der Waals surface area (Å²) in [5.41, 5.74) is 0.990. The van der Waals surface area contributed by atoms with Gasteiger partial charge in [0.05, 0.1) is 35.1 Å². The Labute approximate surface area is 235 Å². The van der Waals surface area contributed by atoms with Crippen LogP contribution in [0.15, 0.2) is 72.8 Å². The molecule has 2 aliphatic rings. The maximum atomic E-state index is 13.4. The maximum absolute atomic E-state index is 13.4. The van der Waals surface area contributed by atoms with Gasteiger partial charge in [0.15, 0.2) is 6.61 Å². The van der Waals surface area contributed by atoms with E-state index in [2.05, 4.69) is 5.32 Å². The summed E-state index contributed by atoms with van der Waals surface area (Å²) in [5.74, 6) is -2.57. The highest BCUT2D eigenvalue weighted by atomic mass is 16.6. The summed E-state index contributed by atoms with van der Waals surface area (Å²) in [6.07, 6.45) is 2.00. The van der Waals surface area contributed by atoms with Crippen molar-refractivity contribution >= 4 is 40.8 Å². The Kier molecular flexibility index (Phi) is 7.77. The monoisotopic (exact) mass is 557 g/mol. The van der Waals surface area contributed by atoms with Crippen LogP contribution in [0.1, 0.15) is 41.1 Å². The first-order chi connectivity index (χ1) is 19.8. The summed E-state index contributed by atoms with van der Waals surface area (Å²) in [7, 11) is 1.38. The number of esters is 1. The molecule has 3 atom stereocenters.